The Bertz CT molecular complexity index is 606. The van der Waals surface area contributed by atoms with Gasteiger partial charge >= 0.3 is 0 Å². The topological polar surface area (TPSA) is 50.2 Å². The van der Waals surface area contributed by atoms with Crippen LogP contribution >= 0.6 is 11.3 Å². The first-order valence-electron chi connectivity index (χ1n) is 6.57. The summed E-state index contributed by atoms with van der Waals surface area (Å²) >= 11 is 1.69. The molecular weight excluding hydrogens is 268 g/mol. The Morgan fingerprint density at radius 1 is 1.20 bits per heavy atom. The Kier molecular flexibility index (Phi) is 4.18. The molecule has 0 aliphatic rings. The Morgan fingerprint density at radius 3 is 2.45 bits per heavy atom. The lowest BCUT2D eigenvalue weighted by Gasteiger charge is -2.16. The summed E-state index contributed by atoms with van der Waals surface area (Å²) in [7, 11) is 0. The number of hydrogen-bond donors (Lipinski definition) is 1. The number of nitrogens with zero attached hydrogens (tertiary/aromatic N) is 3. The molecule has 0 amide bonds. The maximum absolute atomic E-state index is 4.36. The Labute approximate surface area is 124 Å². The van der Waals surface area contributed by atoms with Crippen LogP contribution in [-0.2, 0) is 5.41 Å². The third kappa shape index (κ3) is 3.42. The molecule has 0 spiro atoms. The second-order valence-electron chi connectivity index (χ2n) is 5.80. The van der Waals surface area contributed by atoms with Gasteiger partial charge in [-0.05, 0) is 43.0 Å². The lowest BCUT2D eigenvalue weighted by Crippen LogP contribution is -2.14. The first-order chi connectivity index (χ1) is 9.38. The first kappa shape index (κ1) is 14.7. The normalized spacial score (nSPS) is 12.6. The molecule has 0 saturated carbocycles. The van der Waals surface area contributed by atoms with Gasteiger partial charge in [-0.2, -0.15) is 10.2 Å². The molecule has 2 heterocycles. The van der Waals surface area contributed by atoms with Gasteiger partial charge in [0.15, 0.2) is 5.82 Å². The summed E-state index contributed by atoms with van der Waals surface area (Å²) in [6.07, 6.45) is 0. The van der Waals surface area contributed by atoms with Crippen LogP contribution in [0.5, 0.6) is 0 Å². The molecule has 1 N–H and O–H groups in total. The third-order valence-corrected chi connectivity index (χ3v) is 4.09. The van der Waals surface area contributed by atoms with E-state index in [0.717, 1.165) is 11.4 Å². The van der Waals surface area contributed by atoms with E-state index in [1.807, 2.05) is 19.1 Å². The van der Waals surface area contributed by atoms with Crippen LogP contribution in [0.3, 0.4) is 0 Å². The van der Waals surface area contributed by atoms with Crippen LogP contribution in [0.25, 0.3) is 0 Å². The monoisotopic (exact) mass is 288 g/mol. The number of aromatic nitrogens is 2. The largest absolute Gasteiger partial charge is 0.260 e. The third-order valence-electron chi connectivity index (χ3n) is 2.96. The molecule has 0 aromatic carbocycles. The molecule has 0 aliphatic heterocycles. The van der Waals surface area contributed by atoms with Crippen LogP contribution in [-0.4, -0.2) is 15.9 Å². The summed E-state index contributed by atoms with van der Waals surface area (Å²) in [6, 6.07) is 5.99. The molecular formula is C15H20N4S. The van der Waals surface area contributed by atoms with Crippen molar-refractivity contribution in [2.45, 2.75) is 40.0 Å². The van der Waals surface area contributed by atoms with Gasteiger partial charge in [0.25, 0.3) is 0 Å². The SMILES string of the molecule is CC(=NNc1ccc(C(C)(C)C)nn1)c1sccc1C. The van der Waals surface area contributed by atoms with Crippen molar-refractivity contribution in [3.05, 3.63) is 39.7 Å². The average molecular weight is 288 g/mol. The molecule has 2 rings (SSSR count). The number of hydrogen-bond acceptors (Lipinski definition) is 5. The lowest BCUT2D eigenvalue weighted by atomic mass is 9.92. The molecule has 20 heavy (non-hydrogen) atoms. The van der Waals surface area contributed by atoms with E-state index in [1.165, 1.54) is 10.4 Å². The number of nitrogens with one attached hydrogen (secondary N) is 1. The molecule has 5 heteroatoms. The lowest BCUT2D eigenvalue weighted by molar-refractivity contribution is 0.559. The van der Waals surface area contributed by atoms with E-state index < -0.39 is 0 Å². The predicted molar refractivity (Wildman–Crippen MR) is 85.6 cm³/mol. The summed E-state index contributed by atoms with van der Waals surface area (Å²) in [6.45, 7) is 10.4. The smallest absolute Gasteiger partial charge is 0.168 e. The number of hydrazone groups is 1. The van der Waals surface area contributed by atoms with Crippen LogP contribution in [0.2, 0.25) is 0 Å². The highest BCUT2D eigenvalue weighted by Crippen LogP contribution is 2.20. The standard InChI is InChI=1S/C15H20N4S/c1-10-8-9-20-14(10)11(2)16-18-13-7-6-12(17-19-13)15(3,4)5/h6-9H,1-5H3,(H,18,19). The first-order valence-corrected chi connectivity index (χ1v) is 7.45. The number of thiophene rings is 1. The Morgan fingerprint density at radius 2 is 1.95 bits per heavy atom. The van der Waals surface area contributed by atoms with Crippen LogP contribution in [0, 0.1) is 6.92 Å². The number of rotatable bonds is 3. The molecule has 0 fully saturated rings. The van der Waals surface area contributed by atoms with Gasteiger partial charge in [0.1, 0.15) is 0 Å². The molecule has 106 valence electrons. The van der Waals surface area contributed by atoms with E-state index in [4.69, 9.17) is 0 Å². The summed E-state index contributed by atoms with van der Waals surface area (Å²) in [4.78, 5) is 1.19. The second kappa shape index (κ2) is 5.71. The van der Waals surface area contributed by atoms with Gasteiger partial charge in [-0.1, -0.05) is 20.8 Å². The van der Waals surface area contributed by atoms with E-state index in [2.05, 4.69) is 59.9 Å². The van der Waals surface area contributed by atoms with E-state index in [1.54, 1.807) is 11.3 Å². The fourth-order valence-electron chi connectivity index (χ4n) is 1.73. The van der Waals surface area contributed by atoms with Gasteiger partial charge in [-0.3, -0.25) is 5.43 Å². The van der Waals surface area contributed by atoms with Crippen molar-refractivity contribution in [2.24, 2.45) is 5.10 Å². The van der Waals surface area contributed by atoms with Crippen molar-refractivity contribution in [2.75, 3.05) is 5.43 Å². The number of aryl methyl sites for hydroxylation is 1. The van der Waals surface area contributed by atoms with Crippen molar-refractivity contribution in [3.63, 3.8) is 0 Å². The van der Waals surface area contributed by atoms with Crippen LogP contribution < -0.4 is 5.43 Å². The molecule has 2 aromatic heterocycles. The van der Waals surface area contributed by atoms with Crippen LogP contribution in [0.1, 0.15) is 43.8 Å². The molecule has 0 aliphatic carbocycles. The minimum Gasteiger partial charge on any atom is -0.260 e. The molecule has 0 unspecified atom stereocenters. The Balaban J connectivity index is 2.10. The van der Waals surface area contributed by atoms with E-state index in [9.17, 15) is 0 Å². The van der Waals surface area contributed by atoms with Gasteiger partial charge in [0, 0.05) is 5.41 Å². The summed E-state index contributed by atoms with van der Waals surface area (Å²) in [5.74, 6) is 0.659. The zero-order valence-corrected chi connectivity index (χ0v) is 13.4. The van der Waals surface area contributed by atoms with Crippen molar-refractivity contribution in [1.29, 1.82) is 0 Å². The second-order valence-corrected chi connectivity index (χ2v) is 6.71. The van der Waals surface area contributed by atoms with Gasteiger partial charge in [-0.15, -0.1) is 16.4 Å². The molecule has 2 aromatic rings. The fraction of sp³-hybridized carbons (Fsp3) is 0.400. The van der Waals surface area contributed by atoms with E-state index >= 15 is 0 Å². The average Bonchev–Trinajstić information content (AvgIpc) is 2.82. The fourth-order valence-corrected chi connectivity index (χ4v) is 2.61. The molecule has 4 nitrogen and oxygen atoms in total. The highest BCUT2D eigenvalue weighted by molar-refractivity contribution is 7.12. The maximum Gasteiger partial charge on any atom is 0.168 e. The minimum absolute atomic E-state index is 0.0127. The summed E-state index contributed by atoms with van der Waals surface area (Å²) in [5.41, 5.74) is 6.14. The van der Waals surface area contributed by atoms with Crippen molar-refractivity contribution in [3.8, 4) is 0 Å². The van der Waals surface area contributed by atoms with E-state index in [0.29, 0.717) is 5.82 Å². The van der Waals surface area contributed by atoms with Gasteiger partial charge in [0.05, 0.1) is 16.3 Å². The van der Waals surface area contributed by atoms with Crippen molar-refractivity contribution < 1.29 is 0 Å². The van der Waals surface area contributed by atoms with Crippen molar-refractivity contribution >= 4 is 22.9 Å². The predicted octanol–water partition coefficient (Wildman–Crippen LogP) is 3.98. The zero-order valence-electron chi connectivity index (χ0n) is 12.6. The van der Waals surface area contributed by atoms with Crippen molar-refractivity contribution in [1.82, 2.24) is 10.2 Å². The molecule has 0 saturated heterocycles. The molecule has 0 radical (unpaired) electrons. The van der Waals surface area contributed by atoms with Crippen LogP contribution in [0.4, 0.5) is 5.82 Å². The molecule has 0 atom stereocenters. The Hall–Kier alpha value is -1.75. The van der Waals surface area contributed by atoms with Gasteiger partial charge in [-0.25, -0.2) is 0 Å². The molecule has 0 bridgehead atoms. The summed E-state index contributed by atoms with van der Waals surface area (Å²) in [5, 5.41) is 14.8. The maximum atomic E-state index is 4.36. The summed E-state index contributed by atoms with van der Waals surface area (Å²) < 4.78 is 0. The minimum atomic E-state index is 0.0127. The highest BCUT2D eigenvalue weighted by atomic mass is 32.1. The zero-order chi connectivity index (χ0) is 14.8. The number of anilines is 1. The highest BCUT2D eigenvalue weighted by Gasteiger charge is 2.15. The van der Waals surface area contributed by atoms with E-state index in [-0.39, 0.29) is 5.41 Å². The van der Waals surface area contributed by atoms with Crippen LogP contribution in [0.15, 0.2) is 28.7 Å². The van der Waals surface area contributed by atoms with Gasteiger partial charge < -0.3 is 0 Å². The van der Waals surface area contributed by atoms with Gasteiger partial charge in [0.2, 0.25) is 0 Å². The quantitative estimate of drug-likeness (QED) is 0.686.